The maximum atomic E-state index is 14.6. The van der Waals surface area contributed by atoms with Gasteiger partial charge in [-0.2, -0.15) is 5.10 Å². The summed E-state index contributed by atoms with van der Waals surface area (Å²) in [5.41, 5.74) is -0.756. The standard InChI is InChI=1S/C11H18FN3/c1-11(12,9-4-3-6-13-8-9)10-5-7-15(2)14-10/h5,7,9,13H,3-4,6,8H2,1-2H3. The molecule has 4 heteroatoms. The van der Waals surface area contributed by atoms with E-state index in [0.717, 1.165) is 25.9 Å². The highest BCUT2D eigenvalue weighted by Gasteiger charge is 2.38. The van der Waals surface area contributed by atoms with E-state index in [1.54, 1.807) is 23.9 Å². The third-order valence-corrected chi connectivity index (χ3v) is 3.28. The van der Waals surface area contributed by atoms with Gasteiger partial charge in [-0.1, -0.05) is 0 Å². The lowest BCUT2D eigenvalue weighted by Crippen LogP contribution is -2.40. The highest BCUT2D eigenvalue weighted by Crippen LogP contribution is 2.36. The van der Waals surface area contributed by atoms with Crippen LogP contribution >= 0.6 is 0 Å². The number of aryl methyl sites for hydroxylation is 1. The highest BCUT2D eigenvalue weighted by molar-refractivity contribution is 5.11. The van der Waals surface area contributed by atoms with E-state index >= 15 is 0 Å². The highest BCUT2D eigenvalue weighted by atomic mass is 19.1. The van der Waals surface area contributed by atoms with Crippen LogP contribution in [0.15, 0.2) is 12.3 Å². The summed E-state index contributed by atoms with van der Waals surface area (Å²) in [4.78, 5) is 0. The van der Waals surface area contributed by atoms with Crippen LogP contribution < -0.4 is 5.32 Å². The van der Waals surface area contributed by atoms with E-state index in [4.69, 9.17) is 0 Å². The zero-order valence-corrected chi connectivity index (χ0v) is 9.33. The van der Waals surface area contributed by atoms with E-state index in [1.165, 1.54) is 0 Å². The van der Waals surface area contributed by atoms with Crippen molar-refractivity contribution in [2.75, 3.05) is 13.1 Å². The lowest BCUT2D eigenvalue weighted by Gasteiger charge is -2.32. The van der Waals surface area contributed by atoms with E-state index in [0.29, 0.717) is 5.69 Å². The summed E-state index contributed by atoms with van der Waals surface area (Å²) < 4.78 is 16.3. The molecule has 1 saturated heterocycles. The Labute approximate surface area is 89.7 Å². The van der Waals surface area contributed by atoms with Crippen LogP contribution in [-0.4, -0.2) is 22.9 Å². The topological polar surface area (TPSA) is 29.9 Å². The number of halogens is 1. The van der Waals surface area contributed by atoms with Crippen molar-refractivity contribution in [2.24, 2.45) is 13.0 Å². The summed E-state index contributed by atoms with van der Waals surface area (Å²) in [5.74, 6) is 0.0427. The average molecular weight is 211 g/mol. The van der Waals surface area contributed by atoms with Crippen LogP contribution in [0.1, 0.15) is 25.5 Å². The summed E-state index contributed by atoms with van der Waals surface area (Å²) in [6.07, 6.45) is 3.79. The summed E-state index contributed by atoms with van der Waals surface area (Å²) in [5, 5.41) is 7.41. The molecule has 0 saturated carbocycles. The van der Waals surface area contributed by atoms with Gasteiger partial charge in [0.2, 0.25) is 0 Å². The fourth-order valence-electron chi connectivity index (χ4n) is 2.20. The number of hydrogen-bond donors (Lipinski definition) is 1. The van der Waals surface area contributed by atoms with E-state index in [1.807, 2.05) is 7.05 Å². The van der Waals surface area contributed by atoms with Crippen molar-refractivity contribution in [3.05, 3.63) is 18.0 Å². The largest absolute Gasteiger partial charge is 0.316 e. The SMILES string of the molecule is Cn1ccc(C(C)(F)C2CCCNC2)n1. The molecule has 1 aromatic heterocycles. The fraction of sp³-hybridized carbons (Fsp3) is 0.727. The maximum Gasteiger partial charge on any atom is 0.155 e. The Balaban J connectivity index is 2.17. The molecule has 0 bridgehead atoms. The molecule has 1 fully saturated rings. The molecule has 15 heavy (non-hydrogen) atoms. The van der Waals surface area contributed by atoms with E-state index < -0.39 is 5.67 Å². The molecule has 1 N–H and O–H groups in total. The number of nitrogens with one attached hydrogen (secondary N) is 1. The number of alkyl halides is 1. The lowest BCUT2D eigenvalue weighted by molar-refractivity contribution is 0.0760. The van der Waals surface area contributed by atoms with Crippen LogP contribution in [0.5, 0.6) is 0 Å². The van der Waals surface area contributed by atoms with Gasteiger partial charge in [-0.15, -0.1) is 0 Å². The first-order valence-corrected chi connectivity index (χ1v) is 5.50. The molecule has 0 aromatic carbocycles. The molecule has 1 aliphatic heterocycles. The second-order valence-electron chi connectivity index (χ2n) is 4.49. The van der Waals surface area contributed by atoms with Crippen molar-refractivity contribution < 1.29 is 4.39 Å². The third kappa shape index (κ3) is 2.04. The predicted octanol–water partition coefficient (Wildman–Crippen LogP) is 1.60. The van der Waals surface area contributed by atoms with Gasteiger partial charge in [0.05, 0.1) is 5.69 Å². The average Bonchev–Trinajstić information content (AvgIpc) is 2.67. The van der Waals surface area contributed by atoms with Gasteiger partial charge in [0.25, 0.3) is 0 Å². The van der Waals surface area contributed by atoms with Crippen molar-refractivity contribution in [1.82, 2.24) is 15.1 Å². The summed E-state index contributed by atoms with van der Waals surface area (Å²) in [6, 6.07) is 1.77. The molecular formula is C11H18FN3. The van der Waals surface area contributed by atoms with Gasteiger partial charge >= 0.3 is 0 Å². The second kappa shape index (κ2) is 3.93. The number of hydrogen-bond acceptors (Lipinski definition) is 2. The minimum Gasteiger partial charge on any atom is -0.316 e. The van der Waals surface area contributed by atoms with Crippen LogP contribution in [-0.2, 0) is 12.7 Å². The van der Waals surface area contributed by atoms with E-state index in [9.17, 15) is 4.39 Å². The minimum absolute atomic E-state index is 0.0427. The first kappa shape index (κ1) is 10.6. The lowest BCUT2D eigenvalue weighted by atomic mass is 9.83. The molecule has 2 heterocycles. The number of nitrogens with zero attached hydrogens (tertiary/aromatic N) is 2. The maximum absolute atomic E-state index is 14.6. The van der Waals surface area contributed by atoms with Crippen LogP contribution in [0.3, 0.4) is 0 Å². The van der Waals surface area contributed by atoms with Gasteiger partial charge in [0, 0.05) is 25.7 Å². The molecule has 1 aromatic rings. The van der Waals surface area contributed by atoms with Crippen LogP contribution in [0.4, 0.5) is 4.39 Å². The number of rotatable bonds is 2. The molecule has 1 aliphatic rings. The summed E-state index contributed by atoms with van der Waals surface area (Å²) in [7, 11) is 1.82. The number of aromatic nitrogens is 2. The quantitative estimate of drug-likeness (QED) is 0.805. The van der Waals surface area contributed by atoms with Crippen LogP contribution in [0.25, 0.3) is 0 Å². The Kier molecular flexibility index (Phi) is 2.78. The molecule has 2 atom stereocenters. The Morgan fingerprint density at radius 3 is 3.00 bits per heavy atom. The molecule has 2 unspecified atom stereocenters. The van der Waals surface area contributed by atoms with Gasteiger partial charge in [0.1, 0.15) is 0 Å². The molecule has 84 valence electrons. The molecular weight excluding hydrogens is 193 g/mol. The number of piperidine rings is 1. The second-order valence-corrected chi connectivity index (χ2v) is 4.49. The van der Waals surface area contributed by atoms with Crippen molar-refractivity contribution in [2.45, 2.75) is 25.4 Å². The predicted molar refractivity (Wildman–Crippen MR) is 57.3 cm³/mol. The molecule has 2 rings (SSSR count). The molecule has 0 amide bonds. The fourth-order valence-corrected chi connectivity index (χ4v) is 2.20. The first-order chi connectivity index (χ1) is 7.10. The minimum atomic E-state index is -1.31. The summed E-state index contributed by atoms with van der Waals surface area (Å²) >= 11 is 0. The Morgan fingerprint density at radius 2 is 2.47 bits per heavy atom. The van der Waals surface area contributed by atoms with Crippen LogP contribution in [0, 0.1) is 5.92 Å². The van der Waals surface area contributed by atoms with Crippen molar-refractivity contribution >= 4 is 0 Å². The van der Waals surface area contributed by atoms with Gasteiger partial charge in [-0.25, -0.2) is 4.39 Å². The van der Waals surface area contributed by atoms with Crippen LogP contribution in [0.2, 0.25) is 0 Å². The monoisotopic (exact) mass is 211 g/mol. The normalized spacial score (nSPS) is 26.2. The van der Waals surface area contributed by atoms with E-state index in [-0.39, 0.29) is 5.92 Å². The van der Waals surface area contributed by atoms with E-state index in [2.05, 4.69) is 10.4 Å². The third-order valence-electron chi connectivity index (χ3n) is 3.28. The van der Waals surface area contributed by atoms with Crippen molar-refractivity contribution in [3.63, 3.8) is 0 Å². The van der Waals surface area contributed by atoms with Crippen molar-refractivity contribution in [3.8, 4) is 0 Å². The first-order valence-electron chi connectivity index (χ1n) is 5.50. The Hall–Kier alpha value is -0.900. The summed E-state index contributed by atoms with van der Waals surface area (Å²) in [6.45, 7) is 3.41. The van der Waals surface area contributed by atoms with Gasteiger partial charge in [0.15, 0.2) is 5.67 Å². The zero-order valence-electron chi connectivity index (χ0n) is 9.33. The van der Waals surface area contributed by atoms with Gasteiger partial charge in [-0.3, -0.25) is 4.68 Å². The molecule has 0 radical (unpaired) electrons. The van der Waals surface area contributed by atoms with Crippen molar-refractivity contribution in [1.29, 1.82) is 0 Å². The molecule has 0 aliphatic carbocycles. The zero-order chi connectivity index (χ0) is 10.9. The molecule has 3 nitrogen and oxygen atoms in total. The Morgan fingerprint density at radius 1 is 1.67 bits per heavy atom. The van der Waals surface area contributed by atoms with Gasteiger partial charge in [-0.05, 0) is 32.4 Å². The Bertz CT molecular complexity index is 326. The van der Waals surface area contributed by atoms with Gasteiger partial charge < -0.3 is 5.32 Å². The smallest absolute Gasteiger partial charge is 0.155 e. The molecule has 0 spiro atoms.